The van der Waals surface area contributed by atoms with E-state index < -0.39 is 5.97 Å². The molecule has 0 saturated heterocycles. The van der Waals surface area contributed by atoms with Crippen LogP contribution in [0.3, 0.4) is 0 Å². The summed E-state index contributed by atoms with van der Waals surface area (Å²) in [6, 6.07) is 6.19. The Bertz CT molecular complexity index is 404. The molecule has 1 rings (SSSR count). The predicted octanol–water partition coefficient (Wildman–Crippen LogP) is 1.32. The molecule has 0 atom stereocenters. The van der Waals surface area contributed by atoms with Crippen LogP contribution in [0.25, 0.3) is 0 Å². The van der Waals surface area contributed by atoms with Gasteiger partial charge in [0.2, 0.25) is 5.91 Å². The Balaban J connectivity index is 2.53. The molecule has 1 amide bonds. The van der Waals surface area contributed by atoms with E-state index in [1.807, 2.05) is 6.92 Å². The fourth-order valence-electron chi connectivity index (χ4n) is 1.33. The van der Waals surface area contributed by atoms with E-state index in [1.165, 1.54) is 12.1 Å². The van der Waals surface area contributed by atoms with Crippen molar-refractivity contribution in [3.8, 4) is 0 Å². The van der Waals surface area contributed by atoms with Crippen molar-refractivity contribution in [2.24, 2.45) is 0 Å². The fraction of sp³-hybridized carbons (Fsp3) is 0.333. The molecule has 0 aliphatic heterocycles. The average molecular weight is 236 g/mol. The number of carboxylic acid groups (broad SMARTS) is 1. The molecule has 0 unspecified atom stereocenters. The number of rotatable bonds is 6. The van der Waals surface area contributed by atoms with E-state index in [4.69, 9.17) is 5.11 Å². The van der Waals surface area contributed by atoms with Crippen LogP contribution >= 0.6 is 0 Å². The quantitative estimate of drug-likeness (QED) is 0.651. The molecule has 0 fully saturated rings. The summed E-state index contributed by atoms with van der Waals surface area (Å²) in [6.07, 6.45) is 0.366. The first-order chi connectivity index (χ1) is 8.13. The number of carbonyl (C=O) groups is 2. The van der Waals surface area contributed by atoms with Crippen molar-refractivity contribution in [3.05, 3.63) is 29.8 Å². The van der Waals surface area contributed by atoms with Crippen LogP contribution in [0.4, 0.5) is 5.69 Å². The Morgan fingerprint density at radius 2 is 2.12 bits per heavy atom. The van der Waals surface area contributed by atoms with Crippen molar-refractivity contribution in [3.63, 3.8) is 0 Å². The second-order valence-electron chi connectivity index (χ2n) is 3.54. The third-order valence-corrected chi connectivity index (χ3v) is 2.17. The van der Waals surface area contributed by atoms with Gasteiger partial charge in [0, 0.05) is 18.7 Å². The number of anilines is 1. The number of carboxylic acids is 1. The van der Waals surface area contributed by atoms with Crippen LogP contribution < -0.4 is 10.6 Å². The highest BCUT2D eigenvalue weighted by Gasteiger charge is 2.05. The lowest BCUT2D eigenvalue weighted by molar-refractivity contribution is -0.116. The number of aromatic carboxylic acids is 1. The standard InChI is InChI=1S/C12H16N2O3/c1-2-13-7-6-11(15)14-10-5-3-4-9(8-10)12(16)17/h3-5,8,13H,2,6-7H2,1H3,(H,14,15)(H,16,17). The molecule has 0 spiro atoms. The molecular formula is C12H16N2O3. The third-order valence-electron chi connectivity index (χ3n) is 2.17. The molecule has 5 nitrogen and oxygen atoms in total. The minimum Gasteiger partial charge on any atom is -0.478 e. The topological polar surface area (TPSA) is 78.4 Å². The van der Waals surface area contributed by atoms with E-state index in [1.54, 1.807) is 12.1 Å². The van der Waals surface area contributed by atoms with Gasteiger partial charge in [-0.25, -0.2) is 4.79 Å². The summed E-state index contributed by atoms with van der Waals surface area (Å²) in [5.74, 6) is -1.14. The molecular weight excluding hydrogens is 220 g/mol. The molecule has 17 heavy (non-hydrogen) atoms. The highest BCUT2D eigenvalue weighted by atomic mass is 16.4. The Hall–Kier alpha value is -1.88. The van der Waals surface area contributed by atoms with Gasteiger partial charge in [-0.05, 0) is 24.7 Å². The third kappa shape index (κ3) is 4.65. The molecule has 1 aromatic rings. The first-order valence-corrected chi connectivity index (χ1v) is 5.47. The Morgan fingerprint density at radius 3 is 2.76 bits per heavy atom. The van der Waals surface area contributed by atoms with Gasteiger partial charge in [0.15, 0.2) is 0 Å². The van der Waals surface area contributed by atoms with Crippen LogP contribution in [0, 0.1) is 0 Å². The summed E-state index contributed by atoms with van der Waals surface area (Å²) < 4.78 is 0. The van der Waals surface area contributed by atoms with Crippen molar-refractivity contribution in [1.82, 2.24) is 5.32 Å². The van der Waals surface area contributed by atoms with Crippen molar-refractivity contribution in [1.29, 1.82) is 0 Å². The smallest absolute Gasteiger partial charge is 0.335 e. The summed E-state index contributed by atoms with van der Waals surface area (Å²) in [5, 5.41) is 14.5. The van der Waals surface area contributed by atoms with Gasteiger partial charge in [-0.3, -0.25) is 4.79 Å². The lowest BCUT2D eigenvalue weighted by Crippen LogP contribution is -2.21. The van der Waals surface area contributed by atoms with Gasteiger partial charge < -0.3 is 15.7 Å². The van der Waals surface area contributed by atoms with Crippen molar-refractivity contribution in [2.75, 3.05) is 18.4 Å². The number of carbonyl (C=O) groups excluding carboxylic acids is 1. The van der Waals surface area contributed by atoms with Crippen molar-refractivity contribution < 1.29 is 14.7 Å². The maximum absolute atomic E-state index is 11.5. The molecule has 92 valence electrons. The largest absolute Gasteiger partial charge is 0.478 e. The van der Waals surface area contributed by atoms with Gasteiger partial charge in [-0.2, -0.15) is 0 Å². The maximum Gasteiger partial charge on any atom is 0.335 e. The van der Waals surface area contributed by atoms with Crippen molar-refractivity contribution >= 4 is 17.6 Å². The van der Waals surface area contributed by atoms with Crippen LogP contribution in [0.15, 0.2) is 24.3 Å². The zero-order valence-corrected chi connectivity index (χ0v) is 9.69. The van der Waals surface area contributed by atoms with Gasteiger partial charge in [0.1, 0.15) is 0 Å². The molecule has 0 saturated carbocycles. The number of nitrogens with one attached hydrogen (secondary N) is 2. The summed E-state index contributed by atoms with van der Waals surface area (Å²) in [6.45, 7) is 3.40. The second-order valence-corrected chi connectivity index (χ2v) is 3.54. The van der Waals surface area contributed by atoms with Crippen LogP contribution in [0.2, 0.25) is 0 Å². The van der Waals surface area contributed by atoms with Crippen LogP contribution in [0.5, 0.6) is 0 Å². The van der Waals surface area contributed by atoms with Gasteiger partial charge in [-0.1, -0.05) is 13.0 Å². The Morgan fingerprint density at radius 1 is 1.35 bits per heavy atom. The highest BCUT2D eigenvalue weighted by molar-refractivity contribution is 5.93. The van der Waals surface area contributed by atoms with Crippen LogP contribution in [0.1, 0.15) is 23.7 Å². The Kier molecular flexibility index (Phi) is 5.16. The predicted molar refractivity (Wildman–Crippen MR) is 65.2 cm³/mol. The van der Waals surface area contributed by atoms with E-state index in [0.717, 1.165) is 6.54 Å². The average Bonchev–Trinajstić information content (AvgIpc) is 2.29. The van der Waals surface area contributed by atoms with E-state index in [2.05, 4.69) is 10.6 Å². The lowest BCUT2D eigenvalue weighted by atomic mass is 10.2. The zero-order valence-electron chi connectivity index (χ0n) is 9.69. The van der Waals surface area contributed by atoms with E-state index in [0.29, 0.717) is 18.7 Å². The van der Waals surface area contributed by atoms with Gasteiger partial charge in [0.25, 0.3) is 0 Å². The summed E-state index contributed by atoms with van der Waals surface area (Å²) in [5.41, 5.74) is 0.667. The van der Waals surface area contributed by atoms with E-state index in [-0.39, 0.29) is 11.5 Å². The molecule has 3 N–H and O–H groups in total. The van der Waals surface area contributed by atoms with Gasteiger partial charge in [0.05, 0.1) is 5.56 Å². The minimum absolute atomic E-state index is 0.131. The normalized spacial score (nSPS) is 9.94. The summed E-state index contributed by atoms with van der Waals surface area (Å²) >= 11 is 0. The highest BCUT2D eigenvalue weighted by Crippen LogP contribution is 2.10. The SMILES string of the molecule is CCNCCC(=O)Nc1cccc(C(=O)O)c1. The first kappa shape index (κ1) is 13.2. The van der Waals surface area contributed by atoms with Gasteiger partial charge in [-0.15, -0.1) is 0 Å². The Labute approximate surface area is 99.8 Å². The minimum atomic E-state index is -1.01. The number of hydrogen-bond donors (Lipinski definition) is 3. The molecule has 0 aliphatic carbocycles. The molecule has 0 bridgehead atoms. The van der Waals surface area contributed by atoms with Crippen LogP contribution in [-0.4, -0.2) is 30.1 Å². The fourth-order valence-corrected chi connectivity index (χ4v) is 1.33. The molecule has 0 aliphatic rings. The molecule has 0 aromatic heterocycles. The van der Waals surface area contributed by atoms with Crippen molar-refractivity contribution in [2.45, 2.75) is 13.3 Å². The van der Waals surface area contributed by atoms with E-state index in [9.17, 15) is 9.59 Å². The molecule has 5 heteroatoms. The zero-order chi connectivity index (χ0) is 12.7. The molecule has 1 aromatic carbocycles. The monoisotopic (exact) mass is 236 g/mol. The first-order valence-electron chi connectivity index (χ1n) is 5.47. The molecule has 0 radical (unpaired) electrons. The summed E-state index contributed by atoms with van der Waals surface area (Å²) in [7, 11) is 0. The lowest BCUT2D eigenvalue weighted by Gasteiger charge is -2.06. The van der Waals surface area contributed by atoms with E-state index >= 15 is 0 Å². The van der Waals surface area contributed by atoms with Crippen LogP contribution in [-0.2, 0) is 4.79 Å². The van der Waals surface area contributed by atoms with Gasteiger partial charge >= 0.3 is 5.97 Å². The number of benzene rings is 1. The maximum atomic E-state index is 11.5. The number of amides is 1. The number of hydrogen-bond acceptors (Lipinski definition) is 3. The second kappa shape index (κ2) is 6.65. The summed E-state index contributed by atoms with van der Waals surface area (Å²) in [4.78, 5) is 22.2. The molecule has 0 heterocycles.